The van der Waals surface area contributed by atoms with Gasteiger partial charge in [-0.15, -0.1) is 0 Å². The van der Waals surface area contributed by atoms with Crippen LogP contribution in [-0.4, -0.2) is 65.5 Å². The third-order valence-corrected chi connectivity index (χ3v) is 7.36. The lowest BCUT2D eigenvalue weighted by Gasteiger charge is -2.44. The minimum Gasteiger partial charge on any atom is -0.384 e. The van der Waals surface area contributed by atoms with Crippen LogP contribution in [0.15, 0.2) is 48.8 Å². The molecule has 2 aliphatic rings. The molecule has 1 aromatic carbocycles. The zero-order chi connectivity index (χ0) is 24.6. The Bertz CT molecular complexity index is 983. The molecule has 0 aliphatic carbocycles. The fourth-order valence-electron chi connectivity index (χ4n) is 5.50. The maximum absolute atomic E-state index is 13.4. The van der Waals surface area contributed by atoms with E-state index in [1.165, 1.54) is 5.56 Å². The van der Waals surface area contributed by atoms with Crippen molar-refractivity contribution in [1.82, 2.24) is 14.8 Å². The number of nitrogens with zero attached hydrogens (tertiary/aromatic N) is 4. The molecule has 3 heterocycles. The molecule has 0 radical (unpaired) electrons. The molecule has 0 N–H and O–H groups in total. The minimum absolute atomic E-state index is 0.0975. The summed E-state index contributed by atoms with van der Waals surface area (Å²) in [4.78, 5) is 37.1. The third kappa shape index (κ3) is 6.27. The van der Waals surface area contributed by atoms with Gasteiger partial charge in [-0.25, -0.2) is 0 Å². The summed E-state index contributed by atoms with van der Waals surface area (Å²) in [6.07, 6.45) is 8.72. The number of pyridine rings is 1. The fraction of sp³-hybridized carbons (Fsp3) is 0.536. The van der Waals surface area contributed by atoms with Crippen LogP contribution in [0.3, 0.4) is 0 Å². The van der Waals surface area contributed by atoms with Gasteiger partial charge in [0.25, 0.3) is 0 Å². The van der Waals surface area contributed by atoms with Crippen LogP contribution in [0.1, 0.15) is 56.6 Å². The second kappa shape index (κ2) is 12.3. The summed E-state index contributed by atoms with van der Waals surface area (Å²) in [6.45, 7) is 5.02. The second-order valence-corrected chi connectivity index (χ2v) is 9.60. The number of carbonyl (C=O) groups is 2. The van der Waals surface area contributed by atoms with Gasteiger partial charge in [0.15, 0.2) is 0 Å². The smallest absolute Gasteiger partial charge is 0.226 e. The third-order valence-electron chi connectivity index (χ3n) is 7.36. The Hall–Kier alpha value is -2.77. The highest BCUT2D eigenvalue weighted by molar-refractivity contribution is 5.94. The Morgan fingerprint density at radius 2 is 1.80 bits per heavy atom. The standard InChI is InChI=1S/C28H38N4O3/c1-3-27(33)31-17-13-24-8-6-9-25(32(24)19-22-11-15-29-16-12-22)21-30(28(34)14-18-35-2)20-23-7-4-5-10-26(23)31/h4-5,7,10-12,15-16,24-25H,3,6,8-9,13-14,17-21H2,1-2H3. The van der Waals surface area contributed by atoms with Crippen molar-refractivity contribution in [2.75, 3.05) is 31.7 Å². The number of amides is 2. The summed E-state index contributed by atoms with van der Waals surface area (Å²) < 4.78 is 5.22. The van der Waals surface area contributed by atoms with E-state index in [0.29, 0.717) is 45.1 Å². The molecule has 2 aliphatic heterocycles. The number of carbonyl (C=O) groups excluding carboxylic acids is 2. The minimum atomic E-state index is 0.0975. The molecule has 188 valence electrons. The quantitative estimate of drug-likeness (QED) is 0.628. The van der Waals surface area contributed by atoms with E-state index in [1.54, 1.807) is 7.11 Å². The summed E-state index contributed by atoms with van der Waals surface area (Å²) in [5.74, 6) is 0.224. The van der Waals surface area contributed by atoms with Crippen molar-refractivity contribution in [1.29, 1.82) is 0 Å². The first-order valence-electron chi connectivity index (χ1n) is 12.9. The topological polar surface area (TPSA) is 66.0 Å². The number of hydrogen-bond acceptors (Lipinski definition) is 5. The number of piperidine rings is 1. The molecule has 2 bridgehead atoms. The normalized spacial score (nSPS) is 21.2. The molecule has 2 atom stereocenters. The van der Waals surface area contributed by atoms with Crippen molar-refractivity contribution in [3.63, 3.8) is 0 Å². The van der Waals surface area contributed by atoms with E-state index in [-0.39, 0.29) is 17.9 Å². The highest BCUT2D eigenvalue weighted by Crippen LogP contribution is 2.32. The van der Waals surface area contributed by atoms with Crippen LogP contribution in [-0.2, 0) is 27.4 Å². The summed E-state index contributed by atoms with van der Waals surface area (Å²) in [5.41, 5.74) is 3.19. The Morgan fingerprint density at radius 3 is 2.57 bits per heavy atom. The summed E-state index contributed by atoms with van der Waals surface area (Å²) >= 11 is 0. The van der Waals surface area contributed by atoms with Crippen molar-refractivity contribution in [2.45, 2.75) is 70.6 Å². The highest BCUT2D eigenvalue weighted by atomic mass is 16.5. The average molecular weight is 479 g/mol. The van der Waals surface area contributed by atoms with Crippen molar-refractivity contribution in [3.05, 3.63) is 59.9 Å². The van der Waals surface area contributed by atoms with Gasteiger partial charge in [-0.2, -0.15) is 0 Å². The molecular weight excluding hydrogens is 440 g/mol. The number of aromatic nitrogens is 1. The second-order valence-electron chi connectivity index (χ2n) is 9.60. The predicted molar refractivity (Wildman–Crippen MR) is 137 cm³/mol. The van der Waals surface area contributed by atoms with Gasteiger partial charge in [-0.1, -0.05) is 31.5 Å². The molecule has 7 heteroatoms. The maximum Gasteiger partial charge on any atom is 0.226 e. The number of rotatable bonds is 6. The summed E-state index contributed by atoms with van der Waals surface area (Å²) in [6, 6.07) is 12.8. The number of para-hydroxylation sites is 1. The first kappa shape index (κ1) is 25.3. The van der Waals surface area contributed by atoms with Crippen LogP contribution in [0.5, 0.6) is 0 Å². The molecule has 0 saturated carbocycles. The lowest BCUT2D eigenvalue weighted by molar-refractivity contribution is -0.134. The number of anilines is 1. The highest BCUT2D eigenvalue weighted by Gasteiger charge is 2.34. The summed E-state index contributed by atoms with van der Waals surface area (Å²) in [5, 5.41) is 0. The van der Waals surface area contributed by atoms with Gasteiger partial charge in [0.2, 0.25) is 11.8 Å². The van der Waals surface area contributed by atoms with E-state index in [0.717, 1.165) is 43.5 Å². The summed E-state index contributed by atoms with van der Waals surface area (Å²) in [7, 11) is 1.63. The molecular formula is C28H38N4O3. The lowest BCUT2D eigenvalue weighted by Crippen LogP contribution is -2.52. The molecule has 1 fully saturated rings. The van der Waals surface area contributed by atoms with E-state index in [9.17, 15) is 9.59 Å². The van der Waals surface area contributed by atoms with Crippen molar-refractivity contribution < 1.29 is 14.3 Å². The van der Waals surface area contributed by atoms with Crippen molar-refractivity contribution >= 4 is 17.5 Å². The van der Waals surface area contributed by atoms with Gasteiger partial charge in [0.1, 0.15) is 0 Å². The average Bonchev–Trinajstić information content (AvgIpc) is 2.90. The lowest BCUT2D eigenvalue weighted by atomic mass is 9.92. The Kier molecular flexibility index (Phi) is 8.88. The van der Waals surface area contributed by atoms with Crippen LogP contribution in [0.2, 0.25) is 0 Å². The van der Waals surface area contributed by atoms with Crippen LogP contribution >= 0.6 is 0 Å². The molecule has 2 unspecified atom stereocenters. The van der Waals surface area contributed by atoms with E-state index < -0.39 is 0 Å². The van der Waals surface area contributed by atoms with Crippen molar-refractivity contribution in [3.8, 4) is 0 Å². The number of benzene rings is 1. The largest absolute Gasteiger partial charge is 0.384 e. The fourth-order valence-corrected chi connectivity index (χ4v) is 5.50. The maximum atomic E-state index is 13.4. The molecule has 2 amide bonds. The van der Waals surface area contributed by atoms with E-state index in [1.807, 2.05) is 47.3 Å². The van der Waals surface area contributed by atoms with Gasteiger partial charge in [0, 0.05) is 69.9 Å². The molecule has 7 nitrogen and oxygen atoms in total. The van der Waals surface area contributed by atoms with Gasteiger partial charge in [-0.3, -0.25) is 19.5 Å². The van der Waals surface area contributed by atoms with Crippen LogP contribution < -0.4 is 4.90 Å². The zero-order valence-electron chi connectivity index (χ0n) is 21.1. The van der Waals surface area contributed by atoms with Gasteiger partial charge in [-0.05, 0) is 48.6 Å². The Morgan fingerprint density at radius 1 is 1.03 bits per heavy atom. The SMILES string of the molecule is CCC(=O)N1CCC2CCCC(CN(C(=O)CCOC)Cc3ccccc31)N2Cc1ccncc1. The van der Waals surface area contributed by atoms with Crippen molar-refractivity contribution in [2.24, 2.45) is 0 Å². The van der Waals surface area contributed by atoms with Crippen LogP contribution in [0.25, 0.3) is 0 Å². The monoisotopic (exact) mass is 478 g/mol. The number of fused-ring (bicyclic) bond motifs is 3. The molecule has 4 rings (SSSR count). The Balaban J connectivity index is 1.72. The first-order chi connectivity index (χ1) is 17.1. The van der Waals surface area contributed by atoms with Gasteiger partial charge in [0.05, 0.1) is 13.0 Å². The molecule has 2 aromatic rings. The van der Waals surface area contributed by atoms with Crippen LogP contribution in [0, 0.1) is 0 Å². The van der Waals surface area contributed by atoms with Gasteiger partial charge < -0.3 is 14.5 Å². The van der Waals surface area contributed by atoms with Gasteiger partial charge >= 0.3 is 0 Å². The molecule has 35 heavy (non-hydrogen) atoms. The molecule has 0 spiro atoms. The number of ether oxygens (including phenoxy) is 1. The predicted octanol–water partition coefficient (Wildman–Crippen LogP) is 4.02. The van der Waals surface area contributed by atoms with E-state index >= 15 is 0 Å². The first-order valence-corrected chi connectivity index (χ1v) is 12.9. The van der Waals surface area contributed by atoms with E-state index in [4.69, 9.17) is 4.74 Å². The zero-order valence-corrected chi connectivity index (χ0v) is 21.1. The molecule has 1 saturated heterocycles. The molecule has 1 aromatic heterocycles. The van der Waals surface area contributed by atoms with Crippen LogP contribution in [0.4, 0.5) is 5.69 Å². The number of hydrogen-bond donors (Lipinski definition) is 0. The Labute approximate surface area is 209 Å². The number of methoxy groups -OCH3 is 1. The van der Waals surface area contributed by atoms with E-state index in [2.05, 4.69) is 28.1 Å².